The Balaban J connectivity index is 1.63. The molecule has 0 aromatic carbocycles. The van der Waals surface area contributed by atoms with E-state index in [0.717, 1.165) is 36.6 Å². The van der Waals surface area contributed by atoms with E-state index in [-0.39, 0.29) is 0 Å². The average molecular weight is 308 g/mol. The van der Waals surface area contributed by atoms with Gasteiger partial charge in [0.2, 0.25) is 5.95 Å². The largest absolute Gasteiger partial charge is 0.344 e. The number of anilines is 1. The summed E-state index contributed by atoms with van der Waals surface area (Å²) in [5.74, 6) is 1.81. The number of imidazole rings is 1. The van der Waals surface area contributed by atoms with Crippen molar-refractivity contribution in [1.29, 1.82) is 0 Å². The second-order valence-corrected chi connectivity index (χ2v) is 5.44. The summed E-state index contributed by atoms with van der Waals surface area (Å²) in [5.41, 5.74) is 1.70. The molecule has 0 saturated heterocycles. The van der Waals surface area contributed by atoms with Gasteiger partial charge in [-0.15, -0.1) is 0 Å². The third-order valence-electron chi connectivity index (χ3n) is 3.73. The first-order valence-electron chi connectivity index (χ1n) is 7.66. The van der Waals surface area contributed by atoms with Gasteiger partial charge in [0.05, 0.1) is 11.4 Å². The summed E-state index contributed by atoms with van der Waals surface area (Å²) < 4.78 is 2.05. The molecule has 23 heavy (non-hydrogen) atoms. The highest BCUT2D eigenvalue weighted by atomic mass is 15.2. The molecule has 0 amide bonds. The SMILES string of the molecule is CN(CCCc1nccn1C)c1nccc(-c2ccccn2)n1. The Morgan fingerprint density at radius 1 is 1.00 bits per heavy atom. The molecule has 0 radical (unpaired) electrons. The van der Waals surface area contributed by atoms with Crippen molar-refractivity contribution in [2.45, 2.75) is 12.8 Å². The van der Waals surface area contributed by atoms with Crippen LogP contribution in [0.2, 0.25) is 0 Å². The van der Waals surface area contributed by atoms with Gasteiger partial charge < -0.3 is 9.47 Å². The Labute approximate surface area is 135 Å². The van der Waals surface area contributed by atoms with E-state index in [4.69, 9.17) is 0 Å². The lowest BCUT2D eigenvalue weighted by atomic mass is 10.2. The number of pyridine rings is 1. The van der Waals surface area contributed by atoms with Crippen molar-refractivity contribution in [1.82, 2.24) is 24.5 Å². The number of hydrogen-bond donors (Lipinski definition) is 0. The molecule has 6 heteroatoms. The van der Waals surface area contributed by atoms with Crippen molar-refractivity contribution in [2.75, 3.05) is 18.5 Å². The number of nitrogens with zero attached hydrogens (tertiary/aromatic N) is 6. The highest BCUT2D eigenvalue weighted by molar-refractivity contribution is 5.55. The molecular weight excluding hydrogens is 288 g/mol. The second kappa shape index (κ2) is 7.00. The third-order valence-corrected chi connectivity index (χ3v) is 3.73. The maximum atomic E-state index is 4.61. The Kier molecular flexibility index (Phi) is 4.61. The van der Waals surface area contributed by atoms with Gasteiger partial charge in [0, 0.05) is 51.8 Å². The van der Waals surface area contributed by atoms with Crippen molar-refractivity contribution in [3.05, 3.63) is 54.9 Å². The molecule has 0 aliphatic carbocycles. The molecule has 6 nitrogen and oxygen atoms in total. The normalized spacial score (nSPS) is 10.7. The predicted molar refractivity (Wildman–Crippen MR) is 90.1 cm³/mol. The maximum Gasteiger partial charge on any atom is 0.225 e. The summed E-state index contributed by atoms with van der Waals surface area (Å²) in [6.07, 6.45) is 9.29. The van der Waals surface area contributed by atoms with Gasteiger partial charge in [0.15, 0.2) is 0 Å². The number of hydrogen-bond acceptors (Lipinski definition) is 5. The summed E-state index contributed by atoms with van der Waals surface area (Å²) in [7, 11) is 4.03. The zero-order valence-electron chi connectivity index (χ0n) is 13.4. The van der Waals surface area contributed by atoms with Crippen LogP contribution in [0.4, 0.5) is 5.95 Å². The monoisotopic (exact) mass is 308 g/mol. The van der Waals surface area contributed by atoms with Gasteiger partial charge in [-0.05, 0) is 24.6 Å². The summed E-state index contributed by atoms with van der Waals surface area (Å²) >= 11 is 0. The molecule has 3 aromatic rings. The molecular formula is C17H20N6. The maximum absolute atomic E-state index is 4.61. The van der Waals surface area contributed by atoms with E-state index >= 15 is 0 Å². The minimum atomic E-state index is 0.716. The first-order chi connectivity index (χ1) is 11.2. The molecule has 0 N–H and O–H groups in total. The van der Waals surface area contributed by atoms with Crippen LogP contribution >= 0.6 is 0 Å². The molecule has 0 spiro atoms. The number of aryl methyl sites for hydroxylation is 2. The van der Waals surface area contributed by atoms with Crippen molar-refractivity contribution < 1.29 is 0 Å². The third kappa shape index (κ3) is 3.71. The van der Waals surface area contributed by atoms with Crippen LogP contribution in [-0.2, 0) is 13.5 Å². The molecule has 0 atom stereocenters. The average Bonchev–Trinajstić information content (AvgIpc) is 3.01. The standard InChI is InChI=1S/C17H20N6/c1-22-13-11-19-16(22)7-5-12-23(2)17-20-10-8-15(21-17)14-6-3-4-9-18-14/h3-4,6,8-11,13H,5,7,12H2,1-2H3. The fraction of sp³-hybridized carbons (Fsp3) is 0.294. The van der Waals surface area contributed by atoms with E-state index in [0.29, 0.717) is 5.95 Å². The molecule has 0 unspecified atom stereocenters. The second-order valence-electron chi connectivity index (χ2n) is 5.44. The van der Waals surface area contributed by atoms with E-state index in [1.54, 1.807) is 12.4 Å². The van der Waals surface area contributed by atoms with Crippen LogP contribution in [-0.4, -0.2) is 38.1 Å². The quantitative estimate of drug-likeness (QED) is 0.699. The molecule has 3 aromatic heterocycles. The van der Waals surface area contributed by atoms with Gasteiger partial charge in [0.1, 0.15) is 5.82 Å². The highest BCUT2D eigenvalue weighted by Crippen LogP contribution is 2.16. The summed E-state index contributed by atoms with van der Waals surface area (Å²) in [6, 6.07) is 7.69. The predicted octanol–water partition coefficient (Wildman–Crippen LogP) is 2.34. The highest BCUT2D eigenvalue weighted by Gasteiger charge is 2.08. The van der Waals surface area contributed by atoms with Gasteiger partial charge in [-0.2, -0.15) is 0 Å². The van der Waals surface area contributed by atoms with Crippen molar-refractivity contribution >= 4 is 5.95 Å². The van der Waals surface area contributed by atoms with Crippen LogP contribution in [0.1, 0.15) is 12.2 Å². The van der Waals surface area contributed by atoms with Crippen molar-refractivity contribution in [3.63, 3.8) is 0 Å². The molecule has 118 valence electrons. The molecule has 0 bridgehead atoms. The van der Waals surface area contributed by atoms with Gasteiger partial charge >= 0.3 is 0 Å². The molecule has 3 rings (SSSR count). The van der Waals surface area contributed by atoms with E-state index in [2.05, 4.69) is 29.4 Å². The van der Waals surface area contributed by atoms with E-state index < -0.39 is 0 Å². The summed E-state index contributed by atoms with van der Waals surface area (Å²) in [6.45, 7) is 0.874. The van der Waals surface area contributed by atoms with Gasteiger partial charge in [-0.3, -0.25) is 4.98 Å². The fourth-order valence-corrected chi connectivity index (χ4v) is 2.40. The Bertz CT molecular complexity index is 753. The van der Waals surface area contributed by atoms with Crippen LogP contribution in [0.5, 0.6) is 0 Å². The van der Waals surface area contributed by atoms with Crippen LogP contribution in [0.25, 0.3) is 11.4 Å². The van der Waals surface area contributed by atoms with E-state index in [1.165, 1.54) is 0 Å². The zero-order chi connectivity index (χ0) is 16.1. The van der Waals surface area contributed by atoms with Crippen molar-refractivity contribution in [2.24, 2.45) is 7.05 Å². The van der Waals surface area contributed by atoms with E-state index in [9.17, 15) is 0 Å². The van der Waals surface area contributed by atoms with Gasteiger partial charge in [-0.1, -0.05) is 6.07 Å². The topological polar surface area (TPSA) is 59.7 Å². The van der Waals surface area contributed by atoms with E-state index in [1.807, 2.05) is 50.8 Å². The number of aromatic nitrogens is 5. The fourth-order valence-electron chi connectivity index (χ4n) is 2.40. The Morgan fingerprint density at radius 2 is 1.91 bits per heavy atom. The molecule has 0 fully saturated rings. The first-order valence-corrected chi connectivity index (χ1v) is 7.66. The van der Waals surface area contributed by atoms with Crippen LogP contribution in [0.15, 0.2) is 49.1 Å². The van der Waals surface area contributed by atoms with Crippen molar-refractivity contribution in [3.8, 4) is 11.4 Å². The van der Waals surface area contributed by atoms with Crippen LogP contribution in [0, 0.1) is 0 Å². The minimum Gasteiger partial charge on any atom is -0.344 e. The first kappa shape index (κ1) is 15.1. The Hall–Kier alpha value is -2.76. The van der Waals surface area contributed by atoms with Gasteiger partial charge in [-0.25, -0.2) is 15.0 Å². The number of rotatable bonds is 6. The minimum absolute atomic E-state index is 0.716. The van der Waals surface area contributed by atoms with Crippen LogP contribution < -0.4 is 4.90 Å². The summed E-state index contributed by atoms with van der Waals surface area (Å²) in [4.78, 5) is 19.7. The Morgan fingerprint density at radius 3 is 2.65 bits per heavy atom. The molecule has 3 heterocycles. The summed E-state index contributed by atoms with van der Waals surface area (Å²) in [5, 5.41) is 0. The lowest BCUT2D eigenvalue weighted by Crippen LogP contribution is -2.22. The molecule has 0 saturated carbocycles. The van der Waals surface area contributed by atoms with Gasteiger partial charge in [0.25, 0.3) is 0 Å². The van der Waals surface area contributed by atoms with Crippen LogP contribution in [0.3, 0.4) is 0 Å². The molecule has 0 aliphatic rings. The zero-order valence-corrected chi connectivity index (χ0v) is 13.4. The lowest BCUT2D eigenvalue weighted by Gasteiger charge is -2.17. The lowest BCUT2D eigenvalue weighted by molar-refractivity contribution is 0.706. The molecule has 0 aliphatic heterocycles. The smallest absolute Gasteiger partial charge is 0.225 e.